The van der Waals surface area contributed by atoms with Gasteiger partial charge in [0.15, 0.2) is 0 Å². The Morgan fingerprint density at radius 1 is 0.667 bits per heavy atom. The van der Waals surface area contributed by atoms with E-state index in [4.69, 9.17) is 14.6 Å². The van der Waals surface area contributed by atoms with E-state index in [-0.39, 0.29) is 30.5 Å². The quantitative estimate of drug-likeness (QED) is 0.123. The maximum Gasteiger partial charge on any atom is 0.303 e. The predicted octanol–water partition coefficient (Wildman–Crippen LogP) is 8.68. The van der Waals surface area contributed by atoms with Crippen LogP contribution >= 0.6 is 0 Å². The van der Waals surface area contributed by atoms with Crippen molar-refractivity contribution in [1.29, 1.82) is 0 Å². The zero-order valence-corrected chi connectivity index (χ0v) is 51.1. The standard InChI is InChI=1S/C26H37N3O4S.C17H25NO5S.C9H14N2.S6/c1-5-23-24-10-8-13-27(24)15-16-28(23)25(30)12-11-21-9-6-7-14-29(21)34(31,32)26-19(2)17-22(33-4)18-20(26)3;1-12-10-15(23-3)11-13(2)17(12)24(21,22)18-9-5-4-6-14(18)7-8-16(19)20;1-2-8-9-4-3-6-11(9)7-5-10-8;1-3-5-6-4-2/h8,10,13,17-18,21,23H,5-7,9,11-12,14-16H2,1-4H3;10-11,14H,4-9H2,1-3H3,(H,19,20);3-4,6,8,10H,2,5,7H2,1H3;. The maximum absolute atomic E-state index is 13.8. The van der Waals surface area contributed by atoms with E-state index in [0.29, 0.717) is 94.9 Å². The third-order valence-electron chi connectivity index (χ3n) is 14.3. The minimum absolute atomic E-state index is 0.0166. The third kappa shape index (κ3) is 16.4. The number of aryl methyl sites for hydroxylation is 4. The summed E-state index contributed by atoms with van der Waals surface area (Å²) < 4.78 is 72.2. The predicted molar refractivity (Wildman–Crippen MR) is 313 cm³/mol. The van der Waals surface area contributed by atoms with Gasteiger partial charge in [-0.1, -0.05) is 26.7 Å². The molecule has 4 aliphatic rings. The number of nitrogens with one attached hydrogen (secondary N) is 1. The van der Waals surface area contributed by atoms with Crippen molar-refractivity contribution in [2.75, 3.05) is 40.4 Å². The van der Waals surface area contributed by atoms with Gasteiger partial charge >= 0.3 is 5.97 Å². The second-order valence-corrected chi connectivity index (χ2v) is 29.9. The molecule has 0 bridgehead atoms. The van der Waals surface area contributed by atoms with E-state index >= 15 is 0 Å². The van der Waals surface area contributed by atoms with Gasteiger partial charge in [0.05, 0.1) is 30.1 Å². The molecule has 416 valence electrons. The number of aliphatic carboxylic acids is 1. The molecule has 75 heavy (non-hydrogen) atoms. The summed E-state index contributed by atoms with van der Waals surface area (Å²) in [6.45, 7) is 16.2. The molecule has 4 unspecified atom stereocenters. The average molecular weight is 1190 g/mol. The molecule has 2 aromatic carbocycles. The van der Waals surface area contributed by atoms with Crippen LogP contribution in [0.4, 0.5) is 0 Å². The number of benzene rings is 2. The lowest BCUT2D eigenvalue weighted by atomic mass is 9.99. The molecule has 4 atom stereocenters. The number of ether oxygens (including phenoxy) is 2. The van der Waals surface area contributed by atoms with Crippen LogP contribution in [0.1, 0.15) is 137 Å². The molecular weight excluding hydrogens is 1110 g/mol. The van der Waals surface area contributed by atoms with E-state index in [1.807, 2.05) is 24.8 Å². The molecule has 23 heteroatoms. The number of sulfonamides is 2. The fourth-order valence-electron chi connectivity index (χ4n) is 11.0. The first-order valence-corrected chi connectivity index (χ1v) is 35.2. The number of fused-ring (bicyclic) bond motifs is 2. The number of carboxylic acids is 1. The molecule has 8 rings (SSSR count). The van der Waals surface area contributed by atoms with Gasteiger partial charge < -0.3 is 33.9 Å². The van der Waals surface area contributed by atoms with Crippen LogP contribution in [0.5, 0.6) is 11.5 Å². The largest absolute Gasteiger partial charge is 0.497 e. The molecule has 0 saturated carbocycles. The first-order valence-electron chi connectivity index (χ1n) is 25.7. The fourth-order valence-corrected chi connectivity index (χ4v) is 20.7. The number of hydrogen-bond donors (Lipinski definition) is 2. The Morgan fingerprint density at radius 3 is 1.57 bits per heavy atom. The van der Waals surface area contributed by atoms with Gasteiger partial charge in [-0.05, 0) is 150 Å². The third-order valence-corrected chi connectivity index (χ3v) is 25.5. The number of methoxy groups -OCH3 is 2. The molecule has 1 amide bonds. The maximum atomic E-state index is 13.8. The number of amides is 1. The minimum Gasteiger partial charge on any atom is -0.497 e. The van der Waals surface area contributed by atoms with Crippen LogP contribution < -0.4 is 14.8 Å². The second kappa shape index (κ2) is 30.1. The second-order valence-electron chi connectivity index (χ2n) is 19.1. The number of nitrogens with zero attached hydrogens (tertiary/aromatic N) is 5. The van der Waals surface area contributed by atoms with E-state index in [1.54, 1.807) is 56.6 Å². The van der Waals surface area contributed by atoms with Crippen molar-refractivity contribution >= 4 is 89.8 Å². The molecule has 0 spiro atoms. The lowest BCUT2D eigenvalue weighted by Crippen LogP contribution is -2.45. The smallest absolute Gasteiger partial charge is 0.303 e. The van der Waals surface area contributed by atoms with Crippen molar-refractivity contribution in [3.05, 3.63) is 94.6 Å². The summed E-state index contributed by atoms with van der Waals surface area (Å²) in [7, 11) is 1.44. The zero-order valence-electron chi connectivity index (χ0n) is 44.5. The molecule has 2 aromatic heterocycles. The molecule has 4 aliphatic heterocycles. The van der Waals surface area contributed by atoms with Gasteiger partial charge in [-0.3, -0.25) is 9.59 Å². The molecule has 2 fully saturated rings. The van der Waals surface area contributed by atoms with Gasteiger partial charge in [-0.15, -0.1) is 0 Å². The summed E-state index contributed by atoms with van der Waals surface area (Å²) in [5, 5.41) is 12.4. The number of carbonyl (C=O) groups is 2. The Hall–Kier alpha value is -3.36. The molecule has 4 aromatic rings. The Kier molecular flexibility index (Phi) is 25.1. The van der Waals surface area contributed by atoms with Crippen molar-refractivity contribution < 1.29 is 41.0 Å². The Balaban J connectivity index is 0.000000218. The van der Waals surface area contributed by atoms with Crippen LogP contribution in [0.15, 0.2) is 70.7 Å². The van der Waals surface area contributed by atoms with E-state index in [9.17, 15) is 26.4 Å². The van der Waals surface area contributed by atoms with E-state index in [0.717, 1.165) is 58.2 Å². The van der Waals surface area contributed by atoms with Gasteiger partial charge in [0.2, 0.25) is 26.0 Å². The highest BCUT2D eigenvalue weighted by Gasteiger charge is 2.38. The van der Waals surface area contributed by atoms with E-state index < -0.39 is 26.0 Å². The van der Waals surface area contributed by atoms with Gasteiger partial charge in [0.1, 0.15) is 11.5 Å². The van der Waals surface area contributed by atoms with Gasteiger partial charge in [0, 0.05) is 152 Å². The van der Waals surface area contributed by atoms with Crippen LogP contribution in [0, 0.1) is 27.7 Å². The minimum atomic E-state index is -3.67. The normalized spacial score (nSPS) is 19.7. The van der Waals surface area contributed by atoms with Crippen LogP contribution in [-0.4, -0.2) is 109 Å². The molecule has 6 heterocycles. The number of piperidine rings is 2. The lowest BCUT2D eigenvalue weighted by Gasteiger charge is -2.38. The Morgan fingerprint density at radius 2 is 1.13 bits per heavy atom. The first-order chi connectivity index (χ1) is 35.9. The summed E-state index contributed by atoms with van der Waals surface area (Å²) in [5.74, 6) is 0.520. The van der Waals surface area contributed by atoms with Gasteiger partial charge in [0.25, 0.3) is 0 Å². The molecular formula is C52H76N6O9S8. The van der Waals surface area contributed by atoms with Crippen molar-refractivity contribution in [3.8, 4) is 11.5 Å². The highest BCUT2D eigenvalue weighted by molar-refractivity contribution is 8.64. The summed E-state index contributed by atoms with van der Waals surface area (Å²) in [6, 6.07) is 15.7. The highest BCUT2D eigenvalue weighted by Crippen LogP contribution is 2.36. The van der Waals surface area contributed by atoms with Crippen LogP contribution in [0.3, 0.4) is 0 Å². The number of carboxylic acid groups (broad SMARTS) is 1. The highest BCUT2D eigenvalue weighted by atomic mass is 33.3. The Labute approximate surface area is 467 Å². The molecule has 2 N–H and O–H groups in total. The zero-order chi connectivity index (χ0) is 54.9. The van der Waals surface area contributed by atoms with E-state index in [1.165, 1.54) is 57.6 Å². The number of hydrogen-bond acceptors (Lipinski definition) is 11. The average Bonchev–Trinajstić information content (AvgIpc) is 4.09. The van der Waals surface area contributed by atoms with Crippen molar-refractivity contribution in [2.45, 2.75) is 166 Å². The van der Waals surface area contributed by atoms with Crippen molar-refractivity contribution in [1.82, 2.24) is 28.0 Å². The summed E-state index contributed by atoms with van der Waals surface area (Å²) in [4.78, 5) is 26.8. The van der Waals surface area contributed by atoms with Gasteiger partial charge in [-0.2, -0.15) is 8.61 Å². The van der Waals surface area contributed by atoms with Crippen molar-refractivity contribution in [3.63, 3.8) is 0 Å². The summed E-state index contributed by atoms with van der Waals surface area (Å²) >= 11 is 9.03. The molecule has 15 nitrogen and oxygen atoms in total. The van der Waals surface area contributed by atoms with E-state index in [2.05, 4.69) is 81.3 Å². The van der Waals surface area contributed by atoms with Gasteiger partial charge in [-0.25, -0.2) is 16.8 Å². The van der Waals surface area contributed by atoms with Crippen LogP contribution in [0.25, 0.3) is 0 Å². The summed E-state index contributed by atoms with van der Waals surface area (Å²) in [5.41, 5.74) is 5.32. The number of carbonyl (C=O) groups excluding carboxylic acids is 1. The summed E-state index contributed by atoms with van der Waals surface area (Å²) in [6.07, 6.45) is 12.6. The van der Waals surface area contributed by atoms with Crippen LogP contribution in [-0.2, 0) is 101 Å². The molecule has 0 aliphatic carbocycles. The number of aromatic nitrogens is 2. The van der Waals surface area contributed by atoms with Crippen LogP contribution in [0.2, 0.25) is 0 Å². The monoisotopic (exact) mass is 1180 g/mol. The lowest BCUT2D eigenvalue weighted by molar-refractivity contribution is -0.137. The van der Waals surface area contributed by atoms with Crippen molar-refractivity contribution in [2.24, 2.45) is 0 Å². The molecule has 2 saturated heterocycles. The fraction of sp³-hybridized carbons (Fsp3) is 0.577. The topological polar surface area (TPSA) is 173 Å². The SMILES string of the molecule is CCC1NCCn2cccc21.CCC1c2cccn2CCN1C(=O)CCC1CCCCN1S(=O)(=O)c1c(C)cc(OC)cc1C.COc1cc(C)c(S(=O)(=O)N2CCCCC2CCC(=O)O)c(C)c1.S=S=S=S=S=S. The molecule has 0 radical (unpaired) electrons. The first kappa shape index (κ1) is 62.5. The Bertz CT molecular complexity index is 2910. The number of rotatable bonds is 14.